The van der Waals surface area contributed by atoms with Gasteiger partial charge in [0, 0.05) is 23.3 Å². The third-order valence-electron chi connectivity index (χ3n) is 2.58. The lowest BCUT2D eigenvalue weighted by Gasteiger charge is -2.05. The van der Waals surface area contributed by atoms with Crippen LogP contribution in [0, 0.1) is 0 Å². The molecule has 4 nitrogen and oxygen atoms in total. The molecule has 94 valence electrons. The van der Waals surface area contributed by atoms with Crippen LogP contribution in [-0.2, 0) is 13.5 Å². The van der Waals surface area contributed by atoms with Gasteiger partial charge < -0.3 is 4.74 Å². The van der Waals surface area contributed by atoms with Crippen molar-refractivity contribution in [3.8, 4) is 5.75 Å². The molecule has 0 N–H and O–H groups in total. The lowest BCUT2D eigenvalue weighted by molar-refractivity contribution is 0.0990. The summed E-state index contributed by atoms with van der Waals surface area (Å²) in [7, 11) is 3.41. The number of nitrogens with zero attached hydrogens (tertiary/aromatic N) is 2. The second kappa shape index (κ2) is 5.35. The largest absolute Gasteiger partial charge is 0.497 e. The van der Waals surface area contributed by atoms with E-state index in [4.69, 9.17) is 4.74 Å². The molecule has 1 aromatic carbocycles. The fourth-order valence-electron chi connectivity index (χ4n) is 1.66. The third kappa shape index (κ3) is 2.79. The number of aryl methyl sites for hydroxylation is 1. The van der Waals surface area contributed by atoms with E-state index in [2.05, 4.69) is 21.0 Å². The summed E-state index contributed by atoms with van der Waals surface area (Å²) in [5.41, 5.74) is 1.37. The first-order chi connectivity index (χ1) is 8.60. The number of Topliss-reactive ketones (excluding diaryl/α,β-unsaturated/α-hetero) is 1. The molecule has 0 aliphatic rings. The van der Waals surface area contributed by atoms with E-state index < -0.39 is 0 Å². The van der Waals surface area contributed by atoms with Crippen molar-refractivity contribution in [2.24, 2.45) is 7.05 Å². The number of hydrogen-bond donors (Lipinski definition) is 0. The number of ether oxygens (including phenoxy) is 1. The summed E-state index contributed by atoms with van der Waals surface area (Å²) in [6.07, 6.45) is 2.11. The van der Waals surface area contributed by atoms with E-state index >= 15 is 0 Å². The first kappa shape index (κ1) is 12.8. The molecule has 0 radical (unpaired) electrons. The van der Waals surface area contributed by atoms with Gasteiger partial charge in [0.25, 0.3) is 0 Å². The molecule has 1 aromatic heterocycles. The zero-order valence-electron chi connectivity index (χ0n) is 10.2. The van der Waals surface area contributed by atoms with E-state index in [0.717, 1.165) is 10.2 Å². The molecule has 0 aliphatic carbocycles. The standard InChI is InChI=1S/C13H13BrN2O2/c1-16-6-5-9(15-16)7-13(17)11-8-10(18-2)3-4-12(11)14/h3-6,8H,7H2,1-2H3. The number of rotatable bonds is 4. The van der Waals surface area contributed by atoms with Crippen LogP contribution in [0.3, 0.4) is 0 Å². The van der Waals surface area contributed by atoms with Gasteiger partial charge in [0.05, 0.1) is 19.2 Å². The van der Waals surface area contributed by atoms with Crippen molar-refractivity contribution in [2.45, 2.75) is 6.42 Å². The summed E-state index contributed by atoms with van der Waals surface area (Å²) < 4.78 is 7.57. The highest BCUT2D eigenvalue weighted by atomic mass is 79.9. The van der Waals surface area contributed by atoms with Gasteiger partial charge in [-0.2, -0.15) is 5.10 Å². The number of halogens is 1. The van der Waals surface area contributed by atoms with Crippen molar-refractivity contribution < 1.29 is 9.53 Å². The van der Waals surface area contributed by atoms with Crippen LogP contribution < -0.4 is 4.74 Å². The summed E-state index contributed by atoms with van der Waals surface area (Å²) >= 11 is 3.38. The molecule has 18 heavy (non-hydrogen) atoms. The SMILES string of the molecule is COc1ccc(Br)c(C(=O)Cc2ccn(C)n2)c1. The van der Waals surface area contributed by atoms with Crippen LogP contribution in [0.25, 0.3) is 0 Å². The number of ketones is 1. The second-order valence-corrected chi connectivity index (χ2v) is 4.78. The Morgan fingerprint density at radius 2 is 2.22 bits per heavy atom. The van der Waals surface area contributed by atoms with Crippen molar-refractivity contribution in [3.05, 3.63) is 46.2 Å². The van der Waals surface area contributed by atoms with Gasteiger partial charge in [0.2, 0.25) is 0 Å². The number of carbonyl (C=O) groups is 1. The number of carbonyl (C=O) groups excluding carboxylic acids is 1. The van der Waals surface area contributed by atoms with E-state index in [0.29, 0.717) is 11.3 Å². The molecule has 0 bridgehead atoms. The number of hydrogen-bond acceptors (Lipinski definition) is 3. The van der Waals surface area contributed by atoms with Crippen LogP contribution in [-0.4, -0.2) is 22.7 Å². The molecule has 1 heterocycles. The quantitative estimate of drug-likeness (QED) is 0.816. The predicted octanol–water partition coefficient (Wildman–Crippen LogP) is 2.62. The Kier molecular flexibility index (Phi) is 3.81. The zero-order valence-corrected chi connectivity index (χ0v) is 11.8. The Bertz CT molecular complexity index is 578. The maximum absolute atomic E-state index is 12.2. The van der Waals surface area contributed by atoms with Gasteiger partial charge in [-0.15, -0.1) is 0 Å². The fourth-order valence-corrected chi connectivity index (χ4v) is 2.13. The van der Waals surface area contributed by atoms with E-state index in [1.54, 1.807) is 17.9 Å². The predicted molar refractivity (Wildman–Crippen MR) is 71.9 cm³/mol. The van der Waals surface area contributed by atoms with Crippen LogP contribution in [0.5, 0.6) is 5.75 Å². The lowest BCUT2D eigenvalue weighted by Crippen LogP contribution is -2.06. The Labute approximate surface area is 114 Å². The van der Waals surface area contributed by atoms with Crippen LogP contribution in [0.4, 0.5) is 0 Å². The molecule has 0 saturated heterocycles. The maximum Gasteiger partial charge on any atom is 0.170 e. The van der Waals surface area contributed by atoms with Gasteiger partial charge in [0.1, 0.15) is 5.75 Å². The average molecular weight is 309 g/mol. The topological polar surface area (TPSA) is 44.1 Å². The Morgan fingerprint density at radius 3 is 2.83 bits per heavy atom. The van der Waals surface area contributed by atoms with Crippen LogP contribution in [0.2, 0.25) is 0 Å². The summed E-state index contributed by atoms with van der Waals surface area (Å²) in [6, 6.07) is 7.19. The molecule has 0 saturated carbocycles. The van der Waals surface area contributed by atoms with Gasteiger partial charge in [0.15, 0.2) is 5.78 Å². The summed E-state index contributed by atoms with van der Waals surface area (Å²) in [5.74, 6) is 0.682. The van der Waals surface area contributed by atoms with Crippen molar-refractivity contribution in [3.63, 3.8) is 0 Å². The third-order valence-corrected chi connectivity index (χ3v) is 3.28. The molecule has 0 amide bonds. The van der Waals surface area contributed by atoms with Crippen LogP contribution in [0.1, 0.15) is 16.1 Å². The van der Waals surface area contributed by atoms with Gasteiger partial charge in [-0.05, 0) is 24.3 Å². The minimum atomic E-state index is 0.0134. The van der Waals surface area contributed by atoms with E-state index in [9.17, 15) is 4.79 Å². The van der Waals surface area contributed by atoms with E-state index in [1.807, 2.05) is 31.4 Å². The number of methoxy groups -OCH3 is 1. The Balaban J connectivity index is 2.23. The zero-order chi connectivity index (χ0) is 13.1. The molecule has 0 aliphatic heterocycles. The summed E-state index contributed by atoms with van der Waals surface area (Å²) in [6.45, 7) is 0. The minimum absolute atomic E-state index is 0.0134. The number of aromatic nitrogens is 2. The monoisotopic (exact) mass is 308 g/mol. The van der Waals surface area contributed by atoms with Gasteiger partial charge in [-0.3, -0.25) is 9.48 Å². The molecular weight excluding hydrogens is 296 g/mol. The van der Waals surface area contributed by atoms with Gasteiger partial charge >= 0.3 is 0 Å². The molecule has 2 rings (SSSR count). The molecular formula is C13H13BrN2O2. The van der Waals surface area contributed by atoms with Gasteiger partial charge in [-0.25, -0.2) is 0 Å². The summed E-state index contributed by atoms with van der Waals surface area (Å²) in [5, 5.41) is 4.20. The van der Waals surface area contributed by atoms with Crippen molar-refractivity contribution >= 4 is 21.7 Å². The lowest BCUT2D eigenvalue weighted by atomic mass is 10.1. The summed E-state index contributed by atoms with van der Waals surface area (Å²) in [4.78, 5) is 12.2. The highest BCUT2D eigenvalue weighted by Crippen LogP contribution is 2.23. The molecule has 0 atom stereocenters. The smallest absolute Gasteiger partial charge is 0.170 e. The normalized spacial score (nSPS) is 10.4. The van der Waals surface area contributed by atoms with Crippen molar-refractivity contribution in [1.29, 1.82) is 0 Å². The highest BCUT2D eigenvalue weighted by molar-refractivity contribution is 9.10. The van der Waals surface area contributed by atoms with Crippen molar-refractivity contribution in [1.82, 2.24) is 9.78 Å². The van der Waals surface area contributed by atoms with E-state index in [1.165, 1.54) is 0 Å². The molecule has 2 aromatic rings. The van der Waals surface area contributed by atoms with Crippen LogP contribution in [0.15, 0.2) is 34.9 Å². The minimum Gasteiger partial charge on any atom is -0.497 e. The highest BCUT2D eigenvalue weighted by Gasteiger charge is 2.13. The number of benzene rings is 1. The molecule has 0 unspecified atom stereocenters. The van der Waals surface area contributed by atoms with Crippen molar-refractivity contribution in [2.75, 3.05) is 7.11 Å². The average Bonchev–Trinajstić information content (AvgIpc) is 2.75. The maximum atomic E-state index is 12.2. The first-order valence-corrected chi connectivity index (χ1v) is 6.24. The Morgan fingerprint density at radius 1 is 1.44 bits per heavy atom. The Hall–Kier alpha value is -1.62. The molecule has 0 fully saturated rings. The second-order valence-electron chi connectivity index (χ2n) is 3.93. The molecule has 0 spiro atoms. The van der Waals surface area contributed by atoms with E-state index in [-0.39, 0.29) is 12.2 Å². The first-order valence-electron chi connectivity index (χ1n) is 5.45. The molecule has 5 heteroatoms. The van der Waals surface area contributed by atoms with Crippen LogP contribution >= 0.6 is 15.9 Å². The van der Waals surface area contributed by atoms with Gasteiger partial charge in [-0.1, -0.05) is 15.9 Å². The fraction of sp³-hybridized carbons (Fsp3) is 0.231.